The molecule has 0 bridgehead atoms. The van der Waals surface area contributed by atoms with Gasteiger partial charge in [0.1, 0.15) is 11.5 Å². The Morgan fingerprint density at radius 2 is 1.73 bits per heavy atom. The van der Waals surface area contributed by atoms with Crippen LogP contribution in [-0.2, 0) is 0 Å². The molecule has 0 unspecified atom stereocenters. The summed E-state index contributed by atoms with van der Waals surface area (Å²) in [6, 6.07) is 14.1. The fourth-order valence-electron chi connectivity index (χ4n) is 2.31. The molecule has 0 radical (unpaired) electrons. The summed E-state index contributed by atoms with van der Waals surface area (Å²) in [5.74, 6) is 1.40. The summed E-state index contributed by atoms with van der Waals surface area (Å²) < 4.78 is 15.4. The monoisotopic (exact) mass is 353 g/mol. The van der Waals surface area contributed by atoms with Crippen LogP contribution in [0.15, 0.2) is 53.2 Å². The van der Waals surface area contributed by atoms with Gasteiger partial charge in [0, 0.05) is 11.1 Å². The van der Waals surface area contributed by atoms with Crippen molar-refractivity contribution in [3.63, 3.8) is 0 Å². The minimum Gasteiger partial charge on any atom is -0.497 e. The van der Waals surface area contributed by atoms with Crippen LogP contribution in [0.5, 0.6) is 11.5 Å². The largest absolute Gasteiger partial charge is 0.497 e. The Bertz CT molecular complexity index is 857. The van der Waals surface area contributed by atoms with Gasteiger partial charge < -0.3 is 14.8 Å². The molecule has 0 aliphatic rings. The number of benzene rings is 2. The van der Waals surface area contributed by atoms with Crippen molar-refractivity contribution < 1.29 is 18.9 Å². The van der Waals surface area contributed by atoms with E-state index in [4.69, 9.17) is 14.1 Å². The molecule has 2 aromatic carbocycles. The Balaban J connectivity index is 1.73. The van der Waals surface area contributed by atoms with Crippen LogP contribution >= 0.6 is 0 Å². The van der Waals surface area contributed by atoms with Crippen LogP contribution in [0.2, 0.25) is 0 Å². The number of carbonyl (C=O) groups excluding carboxylic acids is 1. The van der Waals surface area contributed by atoms with Crippen molar-refractivity contribution in [1.82, 2.24) is 10.3 Å². The fourth-order valence-corrected chi connectivity index (χ4v) is 2.31. The van der Waals surface area contributed by atoms with Crippen molar-refractivity contribution in [3.8, 4) is 22.8 Å². The van der Waals surface area contributed by atoms with Gasteiger partial charge >= 0.3 is 0 Å². The smallest absolute Gasteiger partial charge is 0.256 e. The zero-order chi connectivity index (χ0) is 18.4. The summed E-state index contributed by atoms with van der Waals surface area (Å²) in [7, 11) is 1.59. The van der Waals surface area contributed by atoms with Gasteiger partial charge in [-0.25, -0.2) is 4.63 Å². The van der Waals surface area contributed by atoms with Crippen LogP contribution in [0.4, 0.5) is 5.82 Å². The summed E-state index contributed by atoms with van der Waals surface area (Å²) >= 11 is 0. The van der Waals surface area contributed by atoms with Crippen LogP contribution in [-0.4, -0.2) is 29.9 Å². The van der Waals surface area contributed by atoms with E-state index < -0.39 is 0 Å². The summed E-state index contributed by atoms with van der Waals surface area (Å²) in [5, 5.41) is 10.4. The number of ether oxygens (including phenoxy) is 2. The van der Waals surface area contributed by atoms with Crippen LogP contribution in [0.3, 0.4) is 0 Å². The van der Waals surface area contributed by atoms with Crippen LogP contribution in [0.25, 0.3) is 11.3 Å². The van der Waals surface area contributed by atoms with Gasteiger partial charge in [0.25, 0.3) is 5.91 Å². The van der Waals surface area contributed by atoms with Crippen molar-refractivity contribution in [2.75, 3.05) is 19.0 Å². The van der Waals surface area contributed by atoms with E-state index in [2.05, 4.69) is 15.6 Å². The minimum atomic E-state index is -0.308. The van der Waals surface area contributed by atoms with E-state index in [0.29, 0.717) is 17.9 Å². The summed E-state index contributed by atoms with van der Waals surface area (Å²) in [6.07, 6.45) is 0.926. The molecule has 0 fully saturated rings. The Morgan fingerprint density at radius 3 is 2.38 bits per heavy atom. The maximum Gasteiger partial charge on any atom is 0.256 e. The molecule has 0 saturated carbocycles. The lowest BCUT2D eigenvalue weighted by atomic mass is 10.1. The van der Waals surface area contributed by atoms with Crippen LogP contribution < -0.4 is 14.8 Å². The second-order valence-corrected chi connectivity index (χ2v) is 5.52. The standard InChI is InChI=1S/C19H19N3O4/c1-3-12-25-16-10-6-14(7-11-16)19(23)20-18-17(21-26-22-18)13-4-8-15(24-2)9-5-13/h4-11H,3,12H2,1-2H3,(H,20,22,23). The third-order valence-corrected chi connectivity index (χ3v) is 3.67. The molecule has 1 amide bonds. The number of hydrogen-bond donors (Lipinski definition) is 1. The average molecular weight is 353 g/mol. The summed E-state index contributed by atoms with van der Waals surface area (Å²) in [5.41, 5.74) is 1.69. The van der Waals surface area contributed by atoms with Crippen LogP contribution in [0.1, 0.15) is 23.7 Å². The lowest BCUT2D eigenvalue weighted by Gasteiger charge is -2.06. The molecule has 1 N–H and O–H groups in total. The van der Waals surface area contributed by atoms with E-state index in [9.17, 15) is 4.79 Å². The highest BCUT2D eigenvalue weighted by Crippen LogP contribution is 2.26. The summed E-state index contributed by atoms with van der Waals surface area (Å²) in [4.78, 5) is 12.4. The molecule has 3 aromatic rings. The quantitative estimate of drug-likeness (QED) is 0.695. The Kier molecular flexibility index (Phi) is 5.48. The third-order valence-electron chi connectivity index (χ3n) is 3.67. The zero-order valence-corrected chi connectivity index (χ0v) is 14.6. The number of methoxy groups -OCH3 is 1. The van der Waals surface area contributed by atoms with Gasteiger partial charge in [-0.2, -0.15) is 0 Å². The van der Waals surface area contributed by atoms with E-state index in [1.165, 1.54) is 0 Å². The number of nitrogens with zero attached hydrogens (tertiary/aromatic N) is 2. The molecule has 0 spiro atoms. The lowest BCUT2D eigenvalue weighted by molar-refractivity contribution is 0.102. The van der Waals surface area contributed by atoms with Crippen molar-refractivity contribution in [3.05, 3.63) is 54.1 Å². The third kappa shape index (κ3) is 4.00. The average Bonchev–Trinajstić information content (AvgIpc) is 3.15. The van der Waals surface area contributed by atoms with Crippen molar-refractivity contribution in [2.24, 2.45) is 0 Å². The first-order valence-electron chi connectivity index (χ1n) is 8.22. The predicted octanol–water partition coefficient (Wildman–Crippen LogP) is 3.79. The Hall–Kier alpha value is -3.35. The molecule has 1 heterocycles. The molecule has 3 rings (SSSR count). The molecule has 0 aliphatic carbocycles. The number of anilines is 1. The maximum absolute atomic E-state index is 12.4. The van der Waals surface area contributed by atoms with Gasteiger partial charge in [-0.15, -0.1) is 0 Å². The van der Waals surface area contributed by atoms with Gasteiger partial charge in [0.2, 0.25) is 5.82 Å². The van der Waals surface area contributed by atoms with Gasteiger partial charge in [-0.05, 0) is 65.3 Å². The van der Waals surface area contributed by atoms with Crippen LogP contribution in [0, 0.1) is 0 Å². The van der Waals surface area contributed by atoms with Gasteiger partial charge in [-0.1, -0.05) is 6.92 Å². The van der Waals surface area contributed by atoms with E-state index in [1.807, 2.05) is 19.1 Å². The topological polar surface area (TPSA) is 86.5 Å². The first kappa shape index (κ1) is 17.5. The molecule has 7 heteroatoms. The number of rotatable bonds is 7. The highest BCUT2D eigenvalue weighted by Gasteiger charge is 2.16. The molecule has 0 saturated heterocycles. The molecule has 0 aliphatic heterocycles. The zero-order valence-electron chi connectivity index (χ0n) is 14.6. The van der Waals surface area contributed by atoms with Gasteiger partial charge in [-0.3, -0.25) is 4.79 Å². The van der Waals surface area contributed by atoms with E-state index in [1.54, 1.807) is 43.5 Å². The molecule has 7 nitrogen and oxygen atoms in total. The SMILES string of the molecule is CCCOc1ccc(C(=O)Nc2nonc2-c2ccc(OC)cc2)cc1. The molecule has 134 valence electrons. The van der Waals surface area contributed by atoms with Crippen molar-refractivity contribution >= 4 is 11.7 Å². The number of nitrogens with one attached hydrogen (secondary N) is 1. The number of hydrogen-bond acceptors (Lipinski definition) is 6. The number of aromatic nitrogens is 2. The highest BCUT2D eigenvalue weighted by molar-refractivity contribution is 6.05. The normalized spacial score (nSPS) is 10.4. The first-order chi connectivity index (χ1) is 12.7. The maximum atomic E-state index is 12.4. The summed E-state index contributed by atoms with van der Waals surface area (Å²) in [6.45, 7) is 2.68. The lowest BCUT2D eigenvalue weighted by Crippen LogP contribution is -2.12. The predicted molar refractivity (Wildman–Crippen MR) is 96.5 cm³/mol. The number of carbonyl (C=O) groups is 1. The Morgan fingerprint density at radius 1 is 1.04 bits per heavy atom. The molecular weight excluding hydrogens is 334 g/mol. The van der Waals surface area contributed by atoms with E-state index >= 15 is 0 Å². The molecule has 26 heavy (non-hydrogen) atoms. The molecule has 0 atom stereocenters. The van der Waals surface area contributed by atoms with Crippen molar-refractivity contribution in [2.45, 2.75) is 13.3 Å². The Labute approximate surface area is 150 Å². The van der Waals surface area contributed by atoms with Crippen molar-refractivity contribution in [1.29, 1.82) is 0 Å². The highest BCUT2D eigenvalue weighted by atomic mass is 16.6. The van der Waals surface area contributed by atoms with E-state index in [-0.39, 0.29) is 11.7 Å². The van der Waals surface area contributed by atoms with E-state index in [0.717, 1.165) is 23.5 Å². The molecular formula is C19H19N3O4. The fraction of sp³-hybridized carbons (Fsp3) is 0.211. The van der Waals surface area contributed by atoms with Gasteiger partial charge in [0.05, 0.1) is 13.7 Å². The van der Waals surface area contributed by atoms with Gasteiger partial charge in [0.15, 0.2) is 5.69 Å². The molecule has 1 aromatic heterocycles. The first-order valence-corrected chi connectivity index (χ1v) is 8.22. The second kappa shape index (κ2) is 8.15. The number of amides is 1. The minimum absolute atomic E-state index is 0.256. The second-order valence-electron chi connectivity index (χ2n) is 5.52.